The number of hydrogen-bond donors (Lipinski definition) is 1. The van der Waals surface area contributed by atoms with Crippen LogP contribution in [0.25, 0.3) is 0 Å². The van der Waals surface area contributed by atoms with Crippen molar-refractivity contribution in [1.29, 1.82) is 0 Å². The predicted octanol–water partition coefficient (Wildman–Crippen LogP) is 1.04. The van der Waals surface area contributed by atoms with Crippen LogP contribution in [-0.4, -0.2) is 54.1 Å². The average Bonchev–Trinajstić information content (AvgIpc) is 3.07. The fourth-order valence-corrected chi connectivity index (χ4v) is 3.57. The van der Waals surface area contributed by atoms with Crippen molar-refractivity contribution in [2.24, 2.45) is 5.73 Å². The third-order valence-electron chi connectivity index (χ3n) is 4.67. The van der Waals surface area contributed by atoms with Crippen LogP contribution in [0.2, 0.25) is 0 Å². The molecule has 2 unspecified atom stereocenters. The molecule has 3 nitrogen and oxygen atoms in total. The molecule has 2 N–H and O–H groups in total. The Morgan fingerprint density at radius 2 is 1.81 bits per heavy atom. The smallest absolute Gasteiger partial charge is 0.0238 e. The standard InChI is InChI=1S/C13H25N3/c14-9-12-3-1-2-7-16(12)13-6-8-15(10-13)11-4-5-11/h11-13H,1-10,14H2. The lowest BCUT2D eigenvalue weighted by Gasteiger charge is -2.39. The highest BCUT2D eigenvalue weighted by molar-refractivity contribution is 4.95. The van der Waals surface area contributed by atoms with Crippen LogP contribution in [0.1, 0.15) is 38.5 Å². The first kappa shape index (κ1) is 11.0. The lowest BCUT2D eigenvalue weighted by atomic mass is 9.99. The van der Waals surface area contributed by atoms with Gasteiger partial charge in [-0.3, -0.25) is 9.80 Å². The van der Waals surface area contributed by atoms with E-state index in [-0.39, 0.29) is 0 Å². The summed E-state index contributed by atoms with van der Waals surface area (Å²) in [4.78, 5) is 5.44. The zero-order valence-electron chi connectivity index (χ0n) is 10.3. The van der Waals surface area contributed by atoms with Gasteiger partial charge in [0.25, 0.3) is 0 Å². The minimum atomic E-state index is 0.679. The van der Waals surface area contributed by atoms with E-state index in [1.807, 2.05) is 0 Å². The maximum Gasteiger partial charge on any atom is 0.0238 e. The first-order valence-corrected chi connectivity index (χ1v) is 7.08. The molecule has 3 heteroatoms. The third kappa shape index (κ3) is 2.13. The highest BCUT2D eigenvalue weighted by Crippen LogP contribution is 2.32. The Morgan fingerprint density at radius 3 is 2.56 bits per heavy atom. The van der Waals surface area contributed by atoms with Gasteiger partial charge in [-0.2, -0.15) is 0 Å². The second-order valence-electron chi connectivity index (χ2n) is 5.79. The summed E-state index contributed by atoms with van der Waals surface area (Å²) in [7, 11) is 0. The highest BCUT2D eigenvalue weighted by Gasteiger charge is 2.38. The van der Waals surface area contributed by atoms with Gasteiger partial charge < -0.3 is 5.73 Å². The van der Waals surface area contributed by atoms with Crippen LogP contribution < -0.4 is 5.73 Å². The van der Waals surface area contributed by atoms with Crippen molar-refractivity contribution in [2.75, 3.05) is 26.2 Å². The van der Waals surface area contributed by atoms with Crippen molar-refractivity contribution in [3.8, 4) is 0 Å². The van der Waals surface area contributed by atoms with Gasteiger partial charge in [-0.15, -0.1) is 0 Å². The van der Waals surface area contributed by atoms with Crippen LogP contribution in [0.4, 0.5) is 0 Å². The Morgan fingerprint density at radius 1 is 0.938 bits per heavy atom. The Bertz CT molecular complexity index is 239. The molecule has 2 aliphatic heterocycles. The number of nitrogens with two attached hydrogens (primary N) is 1. The van der Waals surface area contributed by atoms with Crippen LogP contribution in [0, 0.1) is 0 Å². The summed E-state index contributed by atoms with van der Waals surface area (Å²) >= 11 is 0. The monoisotopic (exact) mass is 223 g/mol. The van der Waals surface area contributed by atoms with Crippen LogP contribution >= 0.6 is 0 Å². The molecule has 0 bridgehead atoms. The van der Waals surface area contributed by atoms with Gasteiger partial charge in [0.1, 0.15) is 0 Å². The van der Waals surface area contributed by atoms with E-state index < -0.39 is 0 Å². The third-order valence-corrected chi connectivity index (χ3v) is 4.67. The molecule has 3 aliphatic rings. The normalized spacial score (nSPS) is 38.1. The van der Waals surface area contributed by atoms with Crippen molar-refractivity contribution in [2.45, 2.75) is 56.7 Å². The quantitative estimate of drug-likeness (QED) is 0.776. The fourth-order valence-electron chi connectivity index (χ4n) is 3.57. The number of hydrogen-bond acceptors (Lipinski definition) is 3. The number of likely N-dealkylation sites (tertiary alicyclic amines) is 2. The summed E-state index contributed by atoms with van der Waals surface area (Å²) in [5, 5.41) is 0. The maximum absolute atomic E-state index is 5.91. The molecule has 0 aromatic rings. The van der Waals surface area contributed by atoms with E-state index in [0.29, 0.717) is 6.04 Å². The molecule has 3 fully saturated rings. The van der Waals surface area contributed by atoms with E-state index in [0.717, 1.165) is 18.6 Å². The molecule has 0 radical (unpaired) electrons. The van der Waals surface area contributed by atoms with Gasteiger partial charge in [0, 0.05) is 37.8 Å². The molecule has 2 saturated heterocycles. The zero-order chi connectivity index (χ0) is 11.0. The molecule has 3 rings (SSSR count). The molecule has 2 atom stereocenters. The van der Waals surface area contributed by atoms with E-state index in [4.69, 9.17) is 5.73 Å². The van der Waals surface area contributed by atoms with Crippen molar-refractivity contribution < 1.29 is 0 Å². The first-order chi connectivity index (χ1) is 7.88. The first-order valence-electron chi connectivity index (χ1n) is 7.08. The van der Waals surface area contributed by atoms with Crippen molar-refractivity contribution >= 4 is 0 Å². The van der Waals surface area contributed by atoms with E-state index in [2.05, 4.69) is 9.80 Å². The summed E-state index contributed by atoms with van der Waals surface area (Å²) < 4.78 is 0. The Balaban J connectivity index is 1.58. The molecule has 1 saturated carbocycles. The second-order valence-corrected chi connectivity index (χ2v) is 5.79. The second kappa shape index (κ2) is 4.63. The molecule has 2 heterocycles. The molecule has 0 amide bonds. The largest absolute Gasteiger partial charge is 0.329 e. The summed E-state index contributed by atoms with van der Waals surface area (Å²) in [6, 6.07) is 2.44. The van der Waals surface area contributed by atoms with Crippen LogP contribution in [0.3, 0.4) is 0 Å². The Kier molecular flexibility index (Phi) is 3.18. The molecule has 16 heavy (non-hydrogen) atoms. The SMILES string of the molecule is NCC1CCCCN1C1CCN(C2CC2)C1. The van der Waals surface area contributed by atoms with Crippen molar-refractivity contribution in [3.63, 3.8) is 0 Å². The minimum absolute atomic E-state index is 0.679. The molecule has 1 aliphatic carbocycles. The van der Waals surface area contributed by atoms with E-state index in [1.54, 1.807) is 0 Å². The highest BCUT2D eigenvalue weighted by atomic mass is 15.3. The molecule has 92 valence electrons. The molecular formula is C13H25N3. The number of nitrogens with zero attached hydrogens (tertiary/aromatic N) is 2. The Hall–Kier alpha value is -0.120. The lowest BCUT2D eigenvalue weighted by molar-refractivity contribution is 0.101. The van der Waals surface area contributed by atoms with E-state index >= 15 is 0 Å². The van der Waals surface area contributed by atoms with Gasteiger partial charge in [-0.25, -0.2) is 0 Å². The van der Waals surface area contributed by atoms with Crippen LogP contribution in [0.5, 0.6) is 0 Å². The molecular weight excluding hydrogens is 198 g/mol. The van der Waals surface area contributed by atoms with Crippen molar-refractivity contribution in [1.82, 2.24) is 9.80 Å². The van der Waals surface area contributed by atoms with Crippen LogP contribution in [0.15, 0.2) is 0 Å². The van der Waals surface area contributed by atoms with Gasteiger partial charge in [0.05, 0.1) is 0 Å². The number of piperidine rings is 1. The molecule has 0 aromatic carbocycles. The molecule has 0 aromatic heterocycles. The van der Waals surface area contributed by atoms with Crippen LogP contribution in [-0.2, 0) is 0 Å². The van der Waals surface area contributed by atoms with E-state index in [9.17, 15) is 0 Å². The van der Waals surface area contributed by atoms with Gasteiger partial charge in [0.2, 0.25) is 0 Å². The van der Waals surface area contributed by atoms with Gasteiger partial charge in [-0.05, 0) is 38.6 Å². The predicted molar refractivity (Wildman–Crippen MR) is 66.4 cm³/mol. The zero-order valence-corrected chi connectivity index (χ0v) is 10.3. The Labute approximate surface area is 99.0 Å². The van der Waals surface area contributed by atoms with Gasteiger partial charge in [0.15, 0.2) is 0 Å². The van der Waals surface area contributed by atoms with Gasteiger partial charge >= 0.3 is 0 Å². The minimum Gasteiger partial charge on any atom is -0.329 e. The fraction of sp³-hybridized carbons (Fsp3) is 1.00. The summed E-state index contributed by atoms with van der Waals surface area (Å²) in [6.07, 6.45) is 8.39. The summed E-state index contributed by atoms with van der Waals surface area (Å²) in [5.41, 5.74) is 5.91. The van der Waals surface area contributed by atoms with Crippen molar-refractivity contribution in [3.05, 3.63) is 0 Å². The summed E-state index contributed by atoms with van der Waals surface area (Å²) in [6.45, 7) is 4.81. The van der Waals surface area contributed by atoms with Gasteiger partial charge in [-0.1, -0.05) is 6.42 Å². The van der Waals surface area contributed by atoms with E-state index in [1.165, 1.54) is 58.2 Å². The lowest BCUT2D eigenvalue weighted by Crippen LogP contribution is -2.50. The summed E-state index contributed by atoms with van der Waals surface area (Å²) in [5.74, 6) is 0. The number of rotatable bonds is 3. The average molecular weight is 223 g/mol. The molecule has 0 spiro atoms. The topological polar surface area (TPSA) is 32.5 Å². The maximum atomic E-state index is 5.91.